The minimum absolute atomic E-state index is 0.547. The number of benzene rings is 3. The lowest BCUT2D eigenvalue weighted by Gasteiger charge is -2.02. The summed E-state index contributed by atoms with van der Waals surface area (Å²) in [5.41, 5.74) is 5.30. The number of hydrogen-bond donors (Lipinski definition) is 0. The molecule has 0 fully saturated rings. The molecule has 138 valence electrons. The zero-order valence-corrected chi connectivity index (χ0v) is 16.6. The highest BCUT2D eigenvalue weighted by molar-refractivity contribution is 6.31. The van der Waals surface area contributed by atoms with Crippen molar-refractivity contribution in [3.8, 4) is 11.5 Å². The molecular formula is C23H16Cl2N2O. The zero-order chi connectivity index (χ0) is 19.5. The molecule has 0 radical (unpaired) electrons. The third-order valence-electron chi connectivity index (χ3n) is 4.26. The fourth-order valence-electron chi connectivity index (χ4n) is 2.75. The smallest absolute Gasteiger partial charge is 0.227 e. The van der Waals surface area contributed by atoms with Crippen LogP contribution >= 0.6 is 23.2 Å². The summed E-state index contributed by atoms with van der Waals surface area (Å²) in [5, 5.41) is 1.34. The van der Waals surface area contributed by atoms with Crippen molar-refractivity contribution in [2.24, 2.45) is 4.99 Å². The average molecular weight is 407 g/mol. The van der Waals surface area contributed by atoms with Crippen LogP contribution in [0.3, 0.4) is 0 Å². The van der Waals surface area contributed by atoms with Crippen molar-refractivity contribution in [2.75, 3.05) is 0 Å². The van der Waals surface area contributed by atoms with E-state index in [0.717, 1.165) is 32.9 Å². The summed E-state index contributed by atoms with van der Waals surface area (Å²) in [7, 11) is 0. The Morgan fingerprint density at radius 2 is 1.71 bits per heavy atom. The van der Waals surface area contributed by atoms with Gasteiger partial charge in [-0.3, -0.25) is 4.99 Å². The van der Waals surface area contributed by atoms with E-state index < -0.39 is 0 Å². The third-order valence-corrected chi connectivity index (χ3v) is 4.75. The van der Waals surface area contributed by atoms with Crippen molar-refractivity contribution in [3.05, 3.63) is 87.9 Å². The van der Waals surface area contributed by atoms with E-state index in [9.17, 15) is 0 Å². The lowest BCUT2D eigenvalue weighted by molar-refractivity contribution is 0.620. The predicted molar refractivity (Wildman–Crippen MR) is 118 cm³/mol. The molecule has 0 N–H and O–H groups in total. The van der Waals surface area contributed by atoms with Crippen LogP contribution in [-0.2, 0) is 0 Å². The van der Waals surface area contributed by atoms with Crippen molar-refractivity contribution < 1.29 is 4.42 Å². The number of aryl methyl sites for hydroxylation is 1. The van der Waals surface area contributed by atoms with Gasteiger partial charge in [-0.2, -0.15) is 0 Å². The molecule has 0 spiro atoms. The first-order valence-electron chi connectivity index (χ1n) is 8.72. The molecule has 0 aliphatic carbocycles. The van der Waals surface area contributed by atoms with Crippen molar-refractivity contribution in [2.45, 2.75) is 6.92 Å². The highest BCUT2D eigenvalue weighted by Crippen LogP contribution is 2.30. The quantitative estimate of drug-likeness (QED) is 0.328. The maximum Gasteiger partial charge on any atom is 0.227 e. The highest BCUT2D eigenvalue weighted by atomic mass is 35.5. The van der Waals surface area contributed by atoms with E-state index >= 15 is 0 Å². The number of aliphatic imine (C=N–C) groups is 1. The monoisotopic (exact) mass is 406 g/mol. The maximum atomic E-state index is 6.02. The molecule has 0 bridgehead atoms. The van der Waals surface area contributed by atoms with Crippen LogP contribution in [0.25, 0.3) is 28.6 Å². The van der Waals surface area contributed by atoms with Crippen LogP contribution in [0.1, 0.15) is 11.1 Å². The van der Waals surface area contributed by atoms with E-state index in [1.807, 2.05) is 67.6 Å². The zero-order valence-electron chi connectivity index (χ0n) is 15.1. The molecule has 0 saturated heterocycles. The topological polar surface area (TPSA) is 38.4 Å². The summed E-state index contributed by atoms with van der Waals surface area (Å²) in [6, 6.07) is 19.0. The molecule has 3 nitrogen and oxygen atoms in total. The molecule has 0 aliphatic rings. The number of oxazole rings is 1. The summed E-state index contributed by atoms with van der Waals surface area (Å²) in [6.07, 6.45) is 5.65. The van der Waals surface area contributed by atoms with Crippen LogP contribution in [0.2, 0.25) is 10.0 Å². The van der Waals surface area contributed by atoms with Crippen LogP contribution in [0.4, 0.5) is 5.69 Å². The van der Waals surface area contributed by atoms with Crippen LogP contribution < -0.4 is 0 Å². The molecule has 0 unspecified atom stereocenters. The SMILES string of the molecule is Cc1ccc(-c2nc3ccc(Cl)cc3o2)cc1N=CC=Cc1ccc(Cl)cc1. The van der Waals surface area contributed by atoms with E-state index in [0.29, 0.717) is 16.5 Å². The standard InChI is InChI=1S/C23H16Cl2N2O/c1-15-4-7-17(23-27-20-11-10-19(25)14-22(20)28-23)13-21(15)26-12-2-3-16-5-8-18(24)9-6-16/h2-14H,1H3. The first-order valence-corrected chi connectivity index (χ1v) is 9.47. The number of halogens is 2. The summed E-state index contributed by atoms with van der Waals surface area (Å²) < 4.78 is 5.85. The van der Waals surface area contributed by atoms with Crippen LogP contribution in [0, 0.1) is 6.92 Å². The number of fused-ring (bicyclic) bond motifs is 1. The molecular weight excluding hydrogens is 391 g/mol. The fourth-order valence-corrected chi connectivity index (χ4v) is 3.04. The molecule has 28 heavy (non-hydrogen) atoms. The van der Waals surface area contributed by atoms with E-state index in [1.165, 1.54) is 0 Å². The Labute approximate surface area is 173 Å². The van der Waals surface area contributed by atoms with Gasteiger partial charge in [0.2, 0.25) is 5.89 Å². The van der Waals surface area contributed by atoms with Crippen LogP contribution in [-0.4, -0.2) is 11.2 Å². The van der Waals surface area contributed by atoms with Crippen molar-refractivity contribution in [1.82, 2.24) is 4.98 Å². The van der Waals surface area contributed by atoms with E-state index in [1.54, 1.807) is 18.3 Å². The molecule has 5 heteroatoms. The van der Waals surface area contributed by atoms with E-state index in [2.05, 4.69) is 9.98 Å². The van der Waals surface area contributed by atoms with E-state index in [-0.39, 0.29) is 0 Å². The second kappa shape index (κ2) is 8.01. The fraction of sp³-hybridized carbons (Fsp3) is 0.0435. The summed E-state index contributed by atoms with van der Waals surface area (Å²) >= 11 is 11.9. The number of nitrogens with zero attached hydrogens (tertiary/aromatic N) is 2. The lowest BCUT2D eigenvalue weighted by Crippen LogP contribution is -1.81. The minimum atomic E-state index is 0.547. The largest absolute Gasteiger partial charge is 0.436 e. The van der Waals surface area contributed by atoms with Crippen LogP contribution in [0.15, 0.2) is 76.1 Å². The molecule has 4 aromatic rings. The predicted octanol–water partition coefficient (Wildman–Crippen LogP) is 7.53. The highest BCUT2D eigenvalue weighted by Gasteiger charge is 2.10. The molecule has 3 aromatic carbocycles. The molecule has 0 amide bonds. The Morgan fingerprint density at radius 1 is 0.929 bits per heavy atom. The average Bonchev–Trinajstić information content (AvgIpc) is 3.11. The number of allylic oxidation sites excluding steroid dienone is 1. The van der Waals surface area contributed by atoms with Gasteiger partial charge in [0.25, 0.3) is 0 Å². The van der Waals surface area contributed by atoms with Gasteiger partial charge in [-0.05, 0) is 60.5 Å². The third kappa shape index (κ3) is 4.16. The Morgan fingerprint density at radius 3 is 2.54 bits per heavy atom. The van der Waals surface area contributed by atoms with Gasteiger partial charge in [-0.1, -0.05) is 47.5 Å². The number of aromatic nitrogens is 1. The Hall–Kier alpha value is -2.88. The van der Waals surface area contributed by atoms with Gasteiger partial charge in [-0.15, -0.1) is 0 Å². The Kier molecular flexibility index (Phi) is 5.29. The summed E-state index contributed by atoms with van der Waals surface area (Å²) in [6.45, 7) is 2.02. The van der Waals surface area contributed by atoms with Gasteiger partial charge < -0.3 is 4.42 Å². The summed E-state index contributed by atoms with van der Waals surface area (Å²) in [5.74, 6) is 0.547. The first-order chi connectivity index (χ1) is 13.6. The summed E-state index contributed by atoms with van der Waals surface area (Å²) in [4.78, 5) is 9.10. The number of hydrogen-bond acceptors (Lipinski definition) is 3. The Bertz CT molecular complexity index is 1190. The normalized spacial score (nSPS) is 11.8. The van der Waals surface area contributed by atoms with Gasteiger partial charge >= 0.3 is 0 Å². The van der Waals surface area contributed by atoms with Gasteiger partial charge in [0.05, 0.1) is 5.69 Å². The lowest BCUT2D eigenvalue weighted by atomic mass is 10.1. The first kappa shape index (κ1) is 18.5. The van der Waals surface area contributed by atoms with Gasteiger partial charge in [0.1, 0.15) is 5.52 Å². The van der Waals surface area contributed by atoms with Gasteiger partial charge in [0, 0.05) is 27.9 Å². The van der Waals surface area contributed by atoms with Crippen molar-refractivity contribution in [1.29, 1.82) is 0 Å². The van der Waals surface area contributed by atoms with Gasteiger partial charge in [-0.25, -0.2) is 4.98 Å². The van der Waals surface area contributed by atoms with Crippen molar-refractivity contribution >= 4 is 52.3 Å². The molecule has 0 aliphatic heterocycles. The molecule has 4 rings (SSSR count). The molecule has 0 saturated carbocycles. The van der Waals surface area contributed by atoms with Gasteiger partial charge in [0.15, 0.2) is 5.58 Å². The minimum Gasteiger partial charge on any atom is -0.436 e. The van der Waals surface area contributed by atoms with Crippen LogP contribution in [0.5, 0.6) is 0 Å². The second-order valence-electron chi connectivity index (χ2n) is 6.32. The molecule has 0 atom stereocenters. The van der Waals surface area contributed by atoms with Crippen molar-refractivity contribution in [3.63, 3.8) is 0 Å². The number of rotatable bonds is 4. The second-order valence-corrected chi connectivity index (χ2v) is 7.19. The molecule has 1 aromatic heterocycles. The Balaban J connectivity index is 1.58. The van der Waals surface area contributed by atoms with E-state index in [4.69, 9.17) is 27.6 Å². The maximum absolute atomic E-state index is 6.02. The molecule has 1 heterocycles.